The highest BCUT2D eigenvalue weighted by atomic mass is 32.1. The minimum atomic E-state index is -0.105. The minimum absolute atomic E-state index is 0.0298. The second-order valence-electron chi connectivity index (χ2n) is 5.86. The van der Waals surface area contributed by atoms with Crippen molar-refractivity contribution >= 4 is 23.2 Å². The Balaban J connectivity index is 1.81. The van der Waals surface area contributed by atoms with Gasteiger partial charge in [-0.15, -0.1) is 11.3 Å². The molecule has 0 aliphatic carbocycles. The maximum atomic E-state index is 12.1. The van der Waals surface area contributed by atoms with Crippen molar-refractivity contribution in [1.82, 2.24) is 20.2 Å². The number of rotatable bonds is 4. The molecular weight excluding hydrogens is 324 g/mol. The molecule has 7 heteroatoms. The third-order valence-corrected chi connectivity index (χ3v) is 5.04. The zero-order valence-corrected chi connectivity index (χ0v) is 14.6. The maximum Gasteiger partial charge on any atom is 0.261 e. The lowest BCUT2D eigenvalue weighted by atomic mass is 10.1. The molecule has 6 nitrogen and oxygen atoms in total. The van der Waals surface area contributed by atoms with Gasteiger partial charge in [0.25, 0.3) is 5.91 Å². The lowest BCUT2D eigenvalue weighted by Gasteiger charge is -2.24. The molecule has 0 saturated carbocycles. The van der Waals surface area contributed by atoms with Crippen LogP contribution in [-0.4, -0.2) is 33.2 Å². The lowest BCUT2D eigenvalue weighted by Crippen LogP contribution is -2.30. The smallest absolute Gasteiger partial charge is 0.261 e. The van der Waals surface area contributed by atoms with Gasteiger partial charge in [-0.2, -0.15) is 0 Å². The first-order valence-corrected chi connectivity index (χ1v) is 8.85. The number of amides is 2. The quantitative estimate of drug-likeness (QED) is 0.924. The standard InChI is InChI=1S/C17H20N4O2S/c1-11-18-9-13(10-19-17(23)15-6-4-8-24-15)16(20-11)14-5-3-7-21(14)12(2)22/h4,6,8-9,14H,3,5,7,10H2,1-2H3,(H,19,23). The topological polar surface area (TPSA) is 75.2 Å². The molecule has 1 aliphatic heterocycles. The Morgan fingerprint density at radius 2 is 2.29 bits per heavy atom. The molecule has 1 atom stereocenters. The minimum Gasteiger partial charge on any atom is -0.347 e. The first-order valence-electron chi connectivity index (χ1n) is 7.97. The molecule has 1 aliphatic rings. The lowest BCUT2D eigenvalue weighted by molar-refractivity contribution is -0.129. The molecule has 0 bridgehead atoms. The first-order chi connectivity index (χ1) is 11.6. The summed E-state index contributed by atoms with van der Waals surface area (Å²) < 4.78 is 0. The van der Waals surface area contributed by atoms with Crippen molar-refractivity contribution in [2.24, 2.45) is 0 Å². The molecule has 0 radical (unpaired) electrons. The summed E-state index contributed by atoms with van der Waals surface area (Å²) in [6.45, 7) is 4.54. The highest BCUT2D eigenvalue weighted by molar-refractivity contribution is 7.12. The summed E-state index contributed by atoms with van der Waals surface area (Å²) in [7, 11) is 0. The van der Waals surface area contributed by atoms with E-state index < -0.39 is 0 Å². The summed E-state index contributed by atoms with van der Waals surface area (Å²) in [6.07, 6.45) is 3.61. The Hall–Kier alpha value is -2.28. The van der Waals surface area contributed by atoms with Crippen molar-refractivity contribution in [3.05, 3.63) is 45.7 Å². The van der Waals surface area contributed by atoms with Gasteiger partial charge in [0, 0.05) is 31.8 Å². The van der Waals surface area contributed by atoms with Crippen molar-refractivity contribution in [3.8, 4) is 0 Å². The van der Waals surface area contributed by atoms with Crippen molar-refractivity contribution < 1.29 is 9.59 Å². The van der Waals surface area contributed by atoms with Crippen LogP contribution >= 0.6 is 11.3 Å². The van der Waals surface area contributed by atoms with Gasteiger partial charge in [-0.1, -0.05) is 6.07 Å². The third-order valence-electron chi connectivity index (χ3n) is 4.18. The van der Waals surface area contributed by atoms with E-state index in [0.29, 0.717) is 17.2 Å². The molecule has 0 aromatic carbocycles. The zero-order valence-electron chi connectivity index (χ0n) is 13.8. The molecule has 1 fully saturated rings. The van der Waals surface area contributed by atoms with Crippen molar-refractivity contribution in [2.75, 3.05) is 6.54 Å². The molecule has 3 heterocycles. The van der Waals surface area contributed by atoms with E-state index in [4.69, 9.17) is 0 Å². The van der Waals surface area contributed by atoms with Crippen LogP contribution in [0.2, 0.25) is 0 Å². The Labute approximate surface area is 144 Å². The largest absolute Gasteiger partial charge is 0.347 e. The molecule has 2 amide bonds. The van der Waals surface area contributed by atoms with Gasteiger partial charge in [-0.05, 0) is 31.2 Å². The van der Waals surface area contributed by atoms with Gasteiger partial charge < -0.3 is 10.2 Å². The van der Waals surface area contributed by atoms with E-state index in [0.717, 1.165) is 30.6 Å². The average molecular weight is 344 g/mol. The Bertz CT molecular complexity index is 745. The number of hydrogen-bond donors (Lipinski definition) is 1. The van der Waals surface area contributed by atoms with Gasteiger partial charge in [-0.25, -0.2) is 9.97 Å². The van der Waals surface area contributed by atoms with Gasteiger partial charge in [0.15, 0.2) is 0 Å². The molecule has 24 heavy (non-hydrogen) atoms. The predicted molar refractivity (Wildman–Crippen MR) is 91.6 cm³/mol. The van der Waals surface area contributed by atoms with E-state index >= 15 is 0 Å². The summed E-state index contributed by atoms with van der Waals surface area (Å²) >= 11 is 1.41. The molecule has 1 N–H and O–H groups in total. The van der Waals surface area contributed by atoms with Crippen molar-refractivity contribution in [3.63, 3.8) is 0 Å². The van der Waals surface area contributed by atoms with Crippen molar-refractivity contribution in [2.45, 2.75) is 39.3 Å². The van der Waals surface area contributed by atoms with Gasteiger partial charge in [0.05, 0.1) is 16.6 Å². The van der Waals surface area contributed by atoms with Crippen LogP contribution in [0.15, 0.2) is 23.7 Å². The average Bonchev–Trinajstić information content (AvgIpc) is 3.24. The molecule has 126 valence electrons. The summed E-state index contributed by atoms with van der Waals surface area (Å²) in [5.41, 5.74) is 1.71. The van der Waals surface area contributed by atoms with E-state index in [2.05, 4.69) is 15.3 Å². The molecule has 0 spiro atoms. The molecule has 2 aromatic rings. The molecule has 2 aromatic heterocycles. The highest BCUT2D eigenvalue weighted by Crippen LogP contribution is 2.32. The Kier molecular flexibility index (Phi) is 4.89. The number of hydrogen-bond acceptors (Lipinski definition) is 5. The van der Waals surface area contributed by atoms with Crippen molar-refractivity contribution in [1.29, 1.82) is 0 Å². The van der Waals surface area contributed by atoms with Crippen LogP contribution in [0.5, 0.6) is 0 Å². The summed E-state index contributed by atoms with van der Waals surface area (Å²) in [4.78, 5) is 35.4. The summed E-state index contributed by atoms with van der Waals surface area (Å²) in [5, 5.41) is 4.79. The number of thiophene rings is 1. The van der Waals surface area contributed by atoms with Gasteiger partial charge in [0.2, 0.25) is 5.91 Å². The van der Waals surface area contributed by atoms with Gasteiger partial charge >= 0.3 is 0 Å². The van der Waals surface area contributed by atoms with Crippen LogP contribution in [-0.2, 0) is 11.3 Å². The van der Waals surface area contributed by atoms with Crippen LogP contribution in [0, 0.1) is 6.92 Å². The number of likely N-dealkylation sites (tertiary alicyclic amines) is 1. The van der Waals surface area contributed by atoms with Crippen LogP contribution in [0.25, 0.3) is 0 Å². The Morgan fingerprint density at radius 1 is 1.46 bits per heavy atom. The molecule has 3 rings (SSSR count). The number of carbonyl (C=O) groups excluding carboxylic acids is 2. The Morgan fingerprint density at radius 3 is 3.00 bits per heavy atom. The van der Waals surface area contributed by atoms with E-state index in [-0.39, 0.29) is 17.9 Å². The normalized spacial score (nSPS) is 17.1. The fourth-order valence-electron chi connectivity index (χ4n) is 3.04. The SMILES string of the molecule is CC(=O)N1CCCC1c1nc(C)ncc1CNC(=O)c1cccs1. The van der Waals surface area contributed by atoms with Crippen LogP contribution < -0.4 is 5.32 Å². The first kappa shape index (κ1) is 16.6. The third kappa shape index (κ3) is 3.46. The van der Waals surface area contributed by atoms with E-state index in [1.165, 1.54) is 11.3 Å². The van der Waals surface area contributed by atoms with E-state index in [1.54, 1.807) is 19.2 Å². The molecular formula is C17H20N4O2S. The van der Waals surface area contributed by atoms with E-state index in [1.807, 2.05) is 23.3 Å². The second-order valence-corrected chi connectivity index (χ2v) is 6.81. The summed E-state index contributed by atoms with van der Waals surface area (Å²) in [6, 6.07) is 3.61. The van der Waals surface area contributed by atoms with Gasteiger partial charge in [0.1, 0.15) is 5.82 Å². The molecule has 1 unspecified atom stereocenters. The van der Waals surface area contributed by atoms with Gasteiger partial charge in [-0.3, -0.25) is 9.59 Å². The number of aryl methyl sites for hydroxylation is 1. The predicted octanol–water partition coefficient (Wildman–Crippen LogP) is 2.46. The van der Waals surface area contributed by atoms with Crippen LogP contribution in [0.4, 0.5) is 0 Å². The van der Waals surface area contributed by atoms with Crippen LogP contribution in [0.1, 0.15) is 52.6 Å². The zero-order chi connectivity index (χ0) is 17.1. The summed E-state index contributed by atoms with van der Waals surface area (Å²) in [5.74, 6) is 0.627. The number of aromatic nitrogens is 2. The fraction of sp³-hybridized carbons (Fsp3) is 0.412. The molecule has 1 saturated heterocycles. The number of nitrogens with one attached hydrogen (secondary N) is 1. The maximum absolute atomic E-state index is 12.1. The number of carbonyl (C=O) groups is 2. The van der Waals surface area contributed by atoms with E-state index in [9.17, 15) is 9.59 Å². The van der Waals surface area contributed by atoms with Crippen LogP contribution in [0.3, 0.4) is 0 Å². The highest BCUT2D eigenvalue weighted by Gasteiger charge is 2.31. The second kappa shape index (κ2) is 7.09. The number of nitrogens with zero attached hydrogens (tertiary/aromatic N) is 3. The monoisotopic (exact) mass is 344 g/mol. The fourth-order valence-corrected chi connectivity index (χ4v) is 3.68.